The number of non-ortho nitro benzene ring substituents is 1. The van der Waals surface area contributed by atoms with Crippen molar-refractivity contribution in [1.82, 2.24) is 4.57 Å². The molecule has 2 aliphatic heterocycles. The highest BCUT2D eigenvalue weighted by molar-refractivity contribution is 7.07. The fourth-order valence-corrected chi connectivity index (χ4v) is 6.13. The van der Waals surface area contributed by atoms with Gasteiger partial charge in [0, 0.05) is 36.5 Å². The first-order valence-electron chi connectivity index (χ1n) is 13.7. The maximum Gasteiger partial charge on any atom is 0.338 e. The van der Waals surface area contributed by atoms with Crippen LogP contribution >= 0.6 is 11.3 Å². The Morgan fingerprint density at radius 2 is 1.93 bits per heavy atom. The van der Waals surface area contributed by atoms with Crippen LogP contribution < -0.4 is 24.5 Å². The molecule has 0 amide bonds. The number of anilines is 1. The number of aromatic nitrogens is 1. The van der Waals surface area contributed by atoms with Gasteiger partial charge < -0.3 is 19.1 Å². The van der Waals surface area contributed by atoms with Crippen molar-refractivity contribution in [2.45, 2.75) is 39.8 Å². The number of fused-ring (bicyclic) bond motifs is 1. The largest absolute Gasteiger partial charge is 0.494 e. The van der Waals surface area contributed by atoms with Gasteiger partial charge in [-0.3, -0.25) is 19.5 Å². The van der Waals surface area contributed by atoms with E-state index in [4.69, 9.17) is 14.2 Å². The van der Waals surface area contributed by atoms with E-state index in [9.17, 15) is 19.7 Å². The van der Waals surface area contributed by atoms with E-state index in [-0.39, 0.29) is 22.9 Å². The van der Waals surface area contributed by atoms with Gasteiger partial charge >= 0.3 is 5.97 Å². The van der Waals surface area contributed by atoms with Crippen LogP contribution in [0.3, 0.4) is 0 Å². The molecule has 42 heavy (non-hydrogen) atoms. The summed E-state index contributed by atoms with van der Waals surface area (Å²) < 4.78 is 18.5. The molecule has 0 unspecified atom stereocenters. The highest BCUT2D eigenvalue weighted by atomic mass is 32.1. The summed E-state index contributed by atoms with van der Waals surface area (Å²) in [6.45, 7) is 9.97. The molecule has 2 aromatic carbocycles. The Morgan fingerprint density at radius 3 is 2.57 bits per heavy atom. The molecule has 0 aliphatic carbocycles. The molecule has 12 heteroatoms. The number of morpholine rings is 1. The maximum absolute atomic E-state index is 14.1. The standard InChI is InChI=1S/C30H32N4O7S/c1-5-40-23-9-6-20(7-10-23)27-26(29(36)41-18(2)3)19(4)31-30-33(27)28(35)25(42-30)17-21-16-22(34(37)38)8-11-24(21)32-12-14-39-15-13-32/h6-11,16-18,27H,5,12-15H2,1-4H3/b25-17+/t27-/m0/s1. The van der Waals surface area contributed by atoms with Crippen LogP contribution in [0, 0.1) is 10.1 Å². The molecule has 0 spiro atoms. The lowest BCUT2D eigenvalue weighted by Gasteiger charge is -2.30. The number of hydrogen-bond donors (Lipinski definition) is 0. The Hall–Kier alpha value is -4.29. The van der Waals surface area contributed by atoms with Gasteiger partial charge in [0.25, 0.3) is 11.2 Å². The molecule has 3 aromatic rings. The quantitative estimate of drug-likeness (QED) is 0.222. The average Bonchev–Trinajstić information content (AvgIpc) is 3.26. The first kappa shape index (κ1) is 29.2. The van der Waals surface area contributed by atoms with Crippen molar-refractivity contribution >= 4 is 34.8 Å². The summed E-state index contributed by atoms with van der Waals surface area (Å²) in [7, 11) is 0. The van der Waals surface area contributed by atoms with Gasteiger partial charge in [-0.25, -0.2) is 9.79 Å². The van der Waals surface area contributed by atoms with E-state index >= 15 is 0 Å². The second-order valence-corrected chi connectivity index (χ2v) is 11.1. The molecule has 1 atom stereocenters. The van der Waals surface area contributed by atoms with Crippen LogP contribution in [0.15, 0.2) is 63.5 Å². The number of nitro groups is 1. The lowest BCUT2D eigenvalue weighted by molar-refractivity contribution is -0.384. The molecular formula is C30H32N4O7S. The third kappa shape index (κ3) is 5.86. The summed E-state index contributed by atoms with van der Waals surface area (Å²) in [5, 5.41) is 11.6. The van der Waals surface area contributed by atoms with Crippen LogP contribution in [0.4, 0.5) is 11.4 Å². The first-order chi connectivity index (χ1) is 20.2. The summed E-state index contributed by atoms with van der Waals surface area (Å²) in [5.74, 6) is 0.120. The van der Waals surface area contributed by atoms with Gasteiger partial charge in [-0.15, -0.1) is 0 Å². The van der Waals surface area contributed by atoms with E-state index in [2.05, 4.69) is 9.89 Å². The highest BCUT2D eigenvalue weighted by Gasteiger charge is 2.34. The third-order valence-electron chi connectivity index (χ3n) is 6.95. The molecule has 5 rings (SSSR count). The maximum atomic E-state index is 14.1. The average molecular weight is 593 g/mol. The number of carbonyl (C=O) groups excluding carboxylic acids is 1. The number of allylic oxidation sites excluding steroid dienone is 1. The van der Waals surface area contributed by atoms with Crippen molar-refractivity contribution in [3.05, 3.63) is 94.7 Å². The van der Waals surface area contributed by atoms with E-state index in [1.165, 1.54) is 28.0 Å². The molecule has 0 saturated carbocycles. The highest BCUT2D eigenvalue weighted by Crippen LogP contribution is 2.32. The summed E-state index contributed by atoms with van der Waals surface area (Å²) in [4.78, 5) is 45.7. The second kappa shape index (κ2) is 12.3. The van der Waals surface area contributed by atoms with E-state index in [0.29, 0.717) is 64.8 Å². The predicted octanol–water partition coefficient (Wildman–Crippen LogP) is 3.33. The summed E-state index contributed by atoms with van der Waals surface area (Å²) in [5.41, 5.74) is 2.31. The van der Waals surface area contributed by atoms with Crippen molar-refractivity contribution in [3.63, 3.8) is 0 Å². The SMILES string of the molecule is CCOc1ccc([C@H]2C(C(=O)OC(C)C)=C(C)N=c3s/c(=C/c4cc([N+](=O)[O-])ccc4N4CCOCC4)c(=O)n32)cc1. The number of carbonyl (C=O) groups is 1. The molecule has 3 heterocycles. The number of rotatable bonds is 8. The zero-order chi connectivity index (χ0) is 30.0. The van der Waals surface area contributed by atoms with Crippen molar-refractivity contribution < 1.29 is 23.9 Å². The molecule has 0 N–H and O–H groups in total. The van der Waals surface area contributed by atoms with Gasteiger partial charge in [0.1, 0.15) is 5.75 Å². The minimum Gasteiger partial charge on any atom is -0.494 e. The number of hydrogen-bond acceptors (Lipinski definition) is 10. The number of thiazole rings is 1. The van der Waals surface area contributed by atoms with E-state index < -0.39 is 16.9 Å². The molecule has 0 radical (unpaired) electrons. The summed E-state index contributed by atoms with van der Waals surface area (Å²) >= 11 is 1.17. The second-order valence-electron chi connectivity index (χ2n) is 10.1. The molecule has 1 aromatic heterocycles. The van der Waals surface area contributed by atoms with E-state index in [1.54, 1.807) is 45.0 Å². The Kier molecular flexibility index (Phi) is 8.55. The summed E-state index contributed by atoms with van der Waals surface area (Å²) in [6, 6.07) is 11.1. The van der Waals surface area contributed by atoms with Gasteiger partial charge in [-0.05, 0) is 57.5 Å². The van der Waals surface area contributed by atoms with Gasteiger partial charge in [-0.2, -0.15) is 0 Å². The molecule has 220 valence electrons. The number of nitrogens with zero attached hydrogens (tertiary/aromatic N) is 4. The van der Waals surface area contributed by atoms with Gasteiger partial charge in [0.05, 0.1) is 52.7 Å². The van der Waals surface area contributed by atoms with Crippen LogP contribution in [0.5, 0.6) is 5.75 Å². The summed E-state index contributed by atoms with van der Waals surface area (Å²) in [6.07, 6.45) is 1.30. The first-order valence-corrected chi connectivity index (χ1v) is 14.6. The van der Waals surface area contributed by atoms with Gasteiger partial charge in [0.2, 0.25) is 0 Å². The Balaban J connectivity index is 1.69. The predicted molar refractivity (Wildman–Crippen MR) is 159 cm³/mol. The number of nitro benzene ring substituents is 1. The smallest absolute Gasteiger partial charge is 0.338 e. The van der Waals surface area contributed by atoms with Crippen LogP contribution in [0.1, 0.15) is 44.9 Å². The fraction of sp³-hybridized carbons (Fsp3) is 0.367. The molecular weight excluding hydrogens is 560 g/mol. The molecule has 1 fully saturated rings. The normalized spacial score (nSPS) is 17.2. The van der Waals surface area contributed by atoms with E-state index in [1.807, 2.05) is 19.1 Å². The Morgan fingerprint density at radius 1 is 1.21 bits per heavy atom. The minimum absolute atomic E-state index is 0.0761. The lowest BCUT2D eigenvalue weighted by Crippen LogP contribution is -2.40. The molecule has 0 bridgehead atoms. The molecule has 1 saturated heterocycles. The monoisotopic (exact) mass is 592 g/mol. The minimum atomic E-state index is -0.783. The number of ether oxygens (including phenoxy) is 3. The molecule has 11 nitrogen and oxygen atoms in total. The third-order valence-corrected chi connectivity index (χ3v) is 7.93. The van der Waals surface area contributed by atoms with Crippen LogP contribution in [0.25, 0.3) is 6.08 Å². The van der Waals surface area contributed by atoms with Crippen LogP contribution in [0.2, 0.25) is 0 Å². The van der Waals surface area contributed by atoms with E-state index in [0.717, 1.165) is 5.69 Å². The topological polar surface area (TPSA) is 126 Å². The van der Waals surface area contributed by atoms with Crippen molar-refractivity contribution in [2.75, 3.05) is 37.8 Å². The van der Waals surface area contributed by atoms with Gasteiger partial charge in [0.15, 0.2) is 4.80 Å². The Labute approximate surface area is 246 Å². The van der Waals surface area contributed by atoms with Crippen LogP contribution in [-0.4, -0.2) is 54.5 Å². The zero-order valence-electron chi connectivity index (χ0n) is 23.9. The fourth-order valence-electron chi connectivity index (χ4n) is 5.09. The van der Waals surface area contributed by atoms with Crippen molar-refractivity contribution in [1.29, 1.82) is 0 Å². The molecule has 2 aliphatic rings. The Bertz CT molecular complexity index is 1720. The van der Waals surface area contributed by atoms with Crippen molar-refractivity contribution in [2.24, 2.45) is 4.99 Å². The number of esters is 1. The number of benzene rings is 2. The lowest BCUT2D eigenvalue weighted by atomic mass is 9.96. The van der Waals surface area contributed by atoms with Crippen LogP contribution in [-0.2, 0) is 14.3 Å². The van der Waals surface area contributed by atoms with Gasteiger partial charge in [-0.1, -0.05) is 23.5 Å². The zero-order valence-corrected chi connectivity index (χ0v) is 24.7. The van der Waals surface area contributed by atoms with Crippen molar-refractivity contribution in [3.8, 4) is 5.75 Å².